The number of hydrogen-bond donors (Lipinski definition) is 1. The zero-order valence-electron chi connectivity index (χ0n) is 15.6. The molecule has 0 spiro atoms. The Morgan fingerprint density at radius 3 is 2.47 bits per heavy atom. The van der Waals surface area contributed by atoms with Crippen molar-refractivity contribution in [1.29, 1.82) is 0 Å². The number of ether oxygens (including phenoxy) is 1. The Kier molecular flexibility index (Phi) is 5.74. The molecule has 0 saturated carbocycles. The number of benzene rings is 3. The van der Waals surface area contributed by atoms with Crippen LogP contribution in [-0.2, 0) is 16.2 Å². The van der Waals surface area contributed by atoms with Crippen molar-refractivity contribution in [2.24, 2.45) is 0 Å². The third kappa shape index (κ3) is 4.32. The average molecular weight is 439 g/mol. The van der Waals surface area contributed by atoms with E-state index in [0.717, 1.165) is 5.56 Å². The summed E-state index contributed by atoms with van der Waals surface area (Å²) in [6, 6.07) is 21.4. The first-order chi connectivity index (χ1) is 14.5. The maximum atomic E-state index is 12.7. The third-order valence-corrected chi connectivity index (χ3v) is 5.20. The normalized spacial score (nSPS) is 14.9. The van der Waals surface area contributed by atoms with Crippen LogP contribution in [0, 0.1) is 0 Å². The molecule has 0 atom stereocenters. The minimum atomic E-state index is -0.453. The Hall–Kier alpha value is -3.28. The van der Waals surface area contributed by atoms with Gasteiger partial charge in [0, 0.05) is 0 Å². The maximum Gasteiger partial charge on any atom is 0.282 e. The van der Waals surface area contributed by atoms with Crippen molar-refractivity contribution in [2.45, 2.75) is 6.61 Å². The number of nitrogens with zero attached hydrogens (tertiary/aromatic N) is 1. The van der Waals surface area contributed by atoms with E-state index in [9.17, 15) is 9.59 Å². The zero-order chi connectivity index (χ0) is 21.1. The van der Waals surface area contributed by atoms with E-state index in [1.807, 2.05) is 12.1 Å². The van der Waals surface area contributed by atoms with Crippen LogP contribution in [0.25, 0.3) is 6.08 Å². The summed E-state index contributed by atoms with van der Waals surface area (Å²) in [4.78, 5) is 25.0. The minimum absolute atomic E-state index is 0.0560. The highest BCUT2D eigenvalue weighted by molar-refractivity contribution is 6.42. The number of carbonyl (C=O) groups excluding carboxylic acids is 2. The Labute approximate surface area is 183 Å². The lowest BCUT2D eigenvalue weighted by Crippen LogP contribution is -2.35. The molecule has 0 aromatic heterocycles. The third-order valence-electron chi connectivity index (χ3n) is 4.46. The van der Waals surface area contributed by atoms with Crippen LogP contribution in [-0.4, -0.2) is 11.8 Å². The molecule has 0 unspecified atom stereocenters. The van der Waals surface area contributed by atoms with Crippen molar-refractivity contribution in [1.82, 2.24) is 5.43 Å². The van der Waals surface area contributed by atoms with Crippen LogP contribution in [0.5, 0.6) is 5.75 Å². The summed E-state index contributed by atoms with van der Waals surface area (Å²) < 4.78 is 5.81. The van der Waals surface area contributed by atoms with Gasteiger partial charge in [-0.2, -0.15) is 0 Å². The summed E-state index contributed by atoms with van der Waals surface area (Å²) in [6.45, 7) is 0.304. The predicted octanol–water partition coefficient (Wildman–Crippen LogP) is 5.03. The number of carbonyl (C=O) groups is 2. The molecule has 1 aliphatic rings. The number of amides is 2. The molecule has 0 bridgehead atoms. The number of halogens is 2. The maximum absolute atomic E-state index is 12.7. The van der Waals surface area contributed by atoms with E-state index < -0.39 is 11.8 Å². The molecule has 1 N–H and O–H groups in total. The first kappa shape index (κ1) is 20.0. The van der Waals surface area contributed by atoms with E-state index in [1.165, 1.54) is 5.01 Å². The molecule has 150 valence electrons. The second-order valence-corrected chi connectivity index (χ2v) is 7.40. The number of nitrogens with one attached hydrogen (secondary N) is 1. The molecule has 1 aliphatic heterocycles. The van der Waals surface area contributed by atoms with E-state index >= 15 is 0 Å². The summed E-state index contributed by atoms with van der Waals surface area (Å²) in [7, 11) is 0. The highest BCUT2D eigenvalue weighted by atomic mass is 35.5. The van der Waals surface area contributed by atoms with E-state index in [4.69, 9.17) is 27.9 Å². The summed E-state index contributed by atoms with van der Waals surface area (Å²) >= 11 is 12.0. The van der Waals surface area contributed by atoms with E-state index in [0.29, 0.717) is 33.7 Å². The molecular weight excluding hydrogens is 423 g/mol. The Bertz CT molecular complexity index is 1150. The van der Waals surface area contributed by atoms with Gasteiger partial charge in [-0.1, -0.05) is 59.6 Å². The second kappa shape index (κ2) is 8.61. The van der Waals surface area contributed by atoms with Gasteiger partial charge in [-0.3, -0.25) is 15.0 Å². The van der Waals surface area contributed by atoms with Crippen LogP contribution < -0.4 is 15.2 Å². The smallest absolute Gasteiger partial charge is 0.282 e. The van der Waals surface area contributed by atoms with Gasteiger partial charge in [0.1, 0.15) is 17.9 Å². The molecule has 4 rings (SSSR count). The fraction of sp³-hybridized carbons (Fsp3) is 0.0435. The van der Waals surface area contributed by atoms with Crippen molar-refractivity contribution in [2.75, 3.05) is 5.01 Å². The van der Waals surface area contributed by atoms with E-state index in [2.05, 4.69) is 5.43 Å². The molecule has 0 radical (unpaired) electrons. The van der Waals surface area contributed by atoms with Crippen molar-refractivity contribution in [3.8, 4) is 5.75 Å². The van der Waals surface area contributed by atoms with Gasteiger partial charge in [0.15, 0.2) is 0 Å². The molecule has 3 aromatic carbocycles. The van der Waals surface area contributed by atoms with Crippen LogP contribution >= 0.6 is 23.2 Å². The monoisotopic (exact) mass is 438 g/mol. The van der Waals surface area contributed by atoms with Crippen LogP contribution in [0.3, 0.4) is 0 Å². The average Bonchev–Trinajstić information content (AvgIpc) is 3.04. The van der Waals surface area contributed by atoms with Gasteiger partial charge in [-0.25, -0.2) is 5.01 Å². The number of anilines is 1. The van der Waals surface area contributed by atoms with Gasteiger partial charge in [-0.15, -0.1) is 0 Å². The number of para-hydroxylation sites is 1. The van der Waals surface area contributed by atoms with Gasteiger partial charge in [0.25, 0.3) is 11.8 Å². The summed E-state index contributed by atoms with van der Waals surface area (Å²) in [5, 5.41) is 2.18. The first-order valence-electron chi connectivity index (χ1n) is 9.10. The molecular formula is C23H16Cl2N2O3. The SMILES string of the molecule is O=C1NN(c2ccccc2)C(=O)C1=Cc1cccc(OCc2ccc(Cl)c(Cl)c2)c1. The van der Waals surface area contributed by atoms with Gasteiger partial charge < -0.3 is 4.74 Å². The quantitative estimate of drug-likeness (QED) is 0.448. The molecule has 5 nitrogen and oxygen atoms in total. The zero-order valence-corrected chi connectivity index (χ0v) is 17.2. The molecule has 1 saturated heterocycles. The Morgan fingerprint density at radius 1 is 0.900 bits per heavy atom. The fourth-order valence-corrected chi connectivity index (χ4v) is 3.29. The molecule has 1 heterocycles. The predicted molar refractivity (Wildman–Crippen MR) is 117 cm³/mol. The molecule has 0 aliphatic carbocycles. The summed E-state index contributed by atoms with van der Waals surface area (Å²) in [6.07, 6.45) is 1.55. The molecule has 3 aromatic rings. The van der Waals surface area contributed by atoms with Crippen LogP contribution in [0.2, 0.25) is 10.0 Å². The van der Waals surface area contributed by atoms with Crippen LogP contribution in [0.15, 0.2) is 78.4 Å². The van der Waals surface area contributed by atoms with Crippen molar-refractivity contribution < 1.29 is 14.3 Å². The van der Waals surface area contributed by atoms with Crippen molar-refractivity contribution in [3.63, 3.8) is 0 Å². The van der Waals surface area contributed by atoms with E-state index in [1.54, 1.807) is 66.7 Å². The lowest BCUT2D eigenvalue weighted by Gasteiger charge is -2.13. The molecule has 1 fully saturated rings. The Balaban J connectivity index is 1.50. The highest BCUT2D eigenvalue weighted by Crippen LogP contribution is 2.25. The number of hydrazine groups is 1. The molecule has 7 heteroatoms. The van der Waals surface area contributed by atoms with Gasteiger partial charge in [0.05, 0.1) is 15.7 Å². The molecule has 2 amide bonds. The van der Waals surface area contributed by atoms with Gasteiger partial charge >= 0.3 is 0 Å². The van der Waals surface area contributed by atoms with Gasteiger partial charge in [-0.05, 0) is 53.6 Å². The summed E-state index contributed by atoms with van der Waals surface area (Å²) in [5.74, 6) is -0.263. The second-order valence-electron chi connectivity index (χ2n) is 6.58. The van der Waals surface area contributed by atoms with Crippen molar-refractivity contribution in [3.05, 3.63) is 99.5 Å². The minimum Gasteiger partial charge on any atom is -0.489 e. The fourth-order valence-electron chi connectivity index (χ4n) is 2.97. The van der Waals surface area contributed by atoms with E-state index in [-0.39, 0.29) is 5.57 Å². The lowest BCUT2D eigenvalue weighted by atomic mass is 10.1. The van der Waals surface area contributed by atoms with Gasteiger partial charge in [0.2, 0.25) is 0 Å². The lowest BCUT2D eigenvalue weighted by molar-refractivity contribution is -0.117. The number of rotatable bonds is 5. The highest BCUT2D eigenvalue weighted by Gasteiger charge is 2.34. The van der Waals surface area contributed by atoms with Crippen LogP contribution in [0.4, 0.5) is 5.69 Å². The number of hydrogen-bond acceptors (Lipinski definition) is 3. The van der Waals surface area contributed by atoms with Crippen LogP contribution in [0.1, 0.15) is 11.1 Å². The summed E-state index contributed by atoms with van der Waals surface area (Å²) in [5.41, 5.74) is 4.78. The Morgan fingerprint density at radius 2 is 1.70 bits per heavy atom. The first-order valence-corrected chi connectivity index (χ1v) is 9.86. The molecule has 30 heavy (non-hydrogen) atoms. The standard InChI is InChI=1S/C23H16Cl2N2O3/c24-20-10-9-16(13-21(20)25)14-30-18-8-4-5-15(11-18)12-19-22(28)26-27(23(19)29)17-6-2-1-3-7-17/h1-13H,14H2,(H,26,28). The van der Waals surface area contributed by atoms with Crippen molar-refractivity contribution >= 4 is 46.8 Å². The topological polar surface area (TPSA) is 58.6 Å². The largest absolute Gasteiger partial charge is 0.489 e.